The molecule has 2 aromatic carbocycles. The third kappa shape index (κ3) is 3.83. The van der Waals surface area contributed by atoms with Gasteiger partial charge in [0.2, 0.25) is 5.95 Å². The number of rotatable bonds is 6. The van der Waals surface area contributed by atoms with Crippen molar-refractivity contribution < 1.29 is 13.9 Å². The molecule has 2 heterocycles. The average Bonchev–Trinajstić information content (AvgIpc) is 2.79. The number of nitrogens with two attached hydrogens (primary N) is 1. The SMILES string of the molecule is CNc1nc(N)c2c(CC3(c4ccc(F)cc4)CCNCC3)c(OC)c(OC)cc2n1. The molecular weight excluding hydrogens is 397 g/mol. The fourth-order valence-corrected chi connectivity index (χ4v) is 4.63. The normalized spacial score (nSPS) is 15.6. The topological polar surface area (TPSA) is 94.3 Å². The van der Waals surface area contributed by atoms with Gasteiger partial charge < -0.3 is 25.8 Å². The number of hydrogen-bond donors (Lipinski definition) is 3. The average molecular weight is 426 g/mol. The van der Waals surface area contributed by atoms with E-state index in [1.807, 2.05) is 18.2 Å². The molecule has 0 spiro atoms. The molecule has 0 radical (unpaired) electrons. The first-order valence-corrected chi connectivity index (χ1v) is 10.4. The van der Waals surface area contributed by atoms with Crippen LogP contribution in [0.25, 0.3) is 10.9 Å². The maximum Gasteiger partial charge on any atom is 0.224 e. The van der Waals surface area contributed by atoms with Gasteiger partial charge in [-0.2, -0.15) is 4.98 Å². The Kier molecular flexibility index (Phi) is 5.82. The molecule has 4 rings (SSSR count). The second-order valence-corrected chi connectivity index (χ2v) is 7.88. The molecule has 0 atom stereocenters. The summed E-state index contributed by atoms with van der Waals surface area (Å²) in [6.07, 6.45) is 2.44. The Hall–Kier alpha value is -3.13. The second-order valence-electron chi connectivity index (χ2n) is 7.88. The Balaban J connectivity index is 1.95. The number of nitrogens with zero attached hydrogens (tertiary/aromatic N) is 2. The van der Waals surface area contributed by atoms with Crippen LogP contribution in [0.1, 0.15) is 24.0 Å². The van der Waals surface area contributed by atoms with E-state index in [-0.39, 0.29) is 11.2 Å². The van der Waals surface area contributed by atoms with Gasteiger partial charge in [-0.3, -0.25) is 0 Å². The molecule has 0 saturated carbocycles. The lowest BCUT2D eigenvalue weighted by Crippen LogP contribution is -2.41. The molecule has 31 heavy (non-hydrogen) atoms. The molecule has 0 aliphatic carbocycles. The van der Waals surface area contributed by atoms with Crippen LogP contribution < -0.4 is 25.8 Å². The molecule has 0 bridgehead atoms. The van der Waals surface area contributed by atoms with Crippen molar-refractivity contribution >= 4 is 22.7 Å². The van der Waals surface area contributed by atoms with Crippen molar-refractivity contribution in [2.24, 2.45) is 0 Å². The molecule has 1 aliphatic heterocycles. The molecule has 1 aliphatic rings. The number of piperidine rings is 1. The Morgan fingerprint density at radius 1 is 1.13 bits per heavy atom. The van der Waals surface area contributed by atoms with Gasteiger partial charge in [0, 0.05) is 29.5 Å². The van der Waals surface area contributed by atoms with E-state index in [1.165, 1.54) is 12.1 Å². The van der Waals surface area contributed by atoms with Crippen LogP contribution in [0.5, 0.6) is 11.5 Å². The number of fused-ring (bicyclic) bond motifs is 1. The van der Waals surface area contributed by atoms with Gasteiger partial charge >= 0.3 is 0 Å². The van der Waals surface area contributed by atoms with Crippen LogP contribution in [0.4, 0.5) is 16.2 Å². The molecule has 1 saturated heterocycles. The van der Waals surface area contributed by atoms with Gasteiger partial charge in [-0.15, -0.1) is 0 Å². The predicted octanol–water partition coefficient (Wildman–Crippen LogP) is 3.27. The fourth-order valence-electron chi connectivity index (χ4n) is 4.63. The molecule has 164 valence electrons. The number of methoxy groups -OCH3 is 2. The lowest BCUT2D eigenvalue weighted by molar-refractivity contribution is 0.298. The number of nitrogen functional groups attached to an aromatic ring is 1. The first-order chi connectivity index (χ1) is 15.0. The molecule has 0 amide bonds. The van der Waals surface area contributed by atoms with Crippen molar-refractivity contribution in [2.75, 3.05) is 45.4 Å². The largest absolute Gasteiger partial charge is 0.493 e. The first kappa shape index (κ1) is 21.1. The highest BCUT2D eigenvalue weighted by atomic mass is 19.1. The van der Waals surface area contributed by atoms with E-state index in [2.05, 4.69) is 20.6 Å². The van der Waals surface area contributed by atoms with Crippen LogP contribution >= 0.6 is 0 Å². The lowest BCUT2D eigenvalue weighted by atomic mass is 9.69. The van der Waals surface area contributed by atoms with Crippen LogP contribution in [0.2, 0.25) is 0 Å². The highest BCUT2D eigenvalue weighted by molar-refractivity contribution is 5.95. The standard InChI is InChI=1S/C23H28FN5O2/c1-26-22-28-17-12-18(30-2)20(31-3)16(19(17)21(25)29-22)13-23(8-10-27-11-9-23)14-4-6-15(24)7-5-14/h4-7,12,27H,8-11,13H2,1-3H3,(H3,25,26,28,29). The summed E-state index contributed by atoms with van der Waals surface area (Å²) in [7, 11) is 4.98. The van der Waals surface area contributed by atoms with Gasteiger partial charge in [0.05, 0.1) is 19.7 Å². The van der Waals surface area contributed by atoms with E-state index in [4.69, 9.17) is 15.2 Å². The van der Waals surface area contributed by atoms with Crippen LogP contribution in [-0.4, -0.2) is 44.3 Å². The predicted molar refractivity (Wildman–Crippen MR) is 120 cm³/mol. The maximum atomic E-state index is 13.7. The molecule has 7 nitrogen and oxygen atoms in total. The quantitative estimate of drug-likeness (QED) is 0.558. The summed E-state index contributed by atoms with van der Waals surface area (Å²) in [6.45, 7) is 1.74. The third-order valence-electron chi connectivity index (χ3n) is 6.21. The number of benzene rings is 2. The Bertz CT molecular complexity index is 1080. The monoisotopic (exact) mass is 425 g/mol. The maximum absolute atomic E-state index is 13.7. The van der Waals surface area contributed by atoms with E-state index in [1.54, 1.807) is 21.3 Å². The van der Waals surface area contributed by atoms with E-state index >= 15 is 0 Å². The number of ether oxygens (including phenoxy) is 2. The molecule has 8 heteroatoms. The summed E-state index contributed by atoms with van der Waals surface area (Å²) in [5.74, 6) is 1.80. The molecule has 1 fully saturated rings. The van der Waals surface area contributed by atoms with Crippen LogP contribution in [0.3, 0.4) is 0 Å². The lowest BCUT2D eigenvalue weighted by Gasteiger charge is -2.39. The van der Waals surface area contributed by atoms with Gasteiger partial charge in [-0.25, -0.2) is 9.37 Å². The molecule has 3 aromatic rings. The van der Waals surface area contributed by atoms with E-state index in [9.17, 15) is 4.39 Å². The number of anilines is 2. The molecule has 4 N–H and O–H groups in total. The zero-order valence-electron chi connectivity index (χ0n) is 18.1. The van der Waals surface area contributed by atoms with Crippen LogP contribution in [0, 0.1) is 5.82 Å². The summed E-state index contributed by atoms with van der Waals surface area (Å²) in [5.41, 5.74) is 8.89. The van der Waals surface area contributed by atoms with Crippen molar-refractivity contribution in [3.05, 3.63) is 47.3 Å². The first-order valence-electron chi connectivity index (χ1n) is 10.4. The van der Waals surface area contributed by atoms with Crippen LogP contribution in [0.15, 0.2) is 30.3 Å². The van der Waals surface area contributed by atoms with E-state index in [0.29, 0.717) is 35.2 Å². The highest BCUT2D eigenvalue weighted by Gasteiger charge is 2.36. The third-order valence-corrected chi connectivity index (χ3v) is 6.21. The summed E-state index contributed by atoms with van der Waals surface area (Å²) in [4.78, 5) is 9.01. The van der Waals surface area contributed by atoms with Crippen LogP contribution in [-0.2, 0) is 11.8 Å². The molecule has 0 unspecified atom stereocenters. The van der Waals surface area contributed by atoms with Crippen molar-refractivity contribution in [1.82, 2.24) is 15.3 Å². The van der Waals surface area contributed by atoms with Gasteiger partial charge in [0.1, 0.15) is 11.6 Å². The van der Waals surface area contributed by atoms with Gasteiger partial charge in [0.15, 0.2) is 11.5 Å². The zero-order valence-corrected chi connectivity index (χ0v) is 18.1. The summed E-state index contributed by atoms with van der Waals surface area (Å²) >= 11 is 0. The molecule has 1 aromatic heterocycles. The number of hydrogen-bond acceptors (Lipinski definition) is 7. The number of halogens is 1. The minimum Gasteiger partial charge on any atom is -0.493 e. The Labute approximate surface area is 181 Å². The Morgan fingerprint density at radius 3 is 2.45 bits per heavy atom. The van der Waals surface area contributed by atoms with Gasteiger partial charge in [-0.1, -0.05) is 12.1 Å². The van der Waals surface area contributed by atoms with Gasteiger partial charge in [0.25, 0.3) is 0 Å². The summed E-state index contributed by atoms with van der Waals surface area (Å²) < 4.78 is 25.1. The van der Waals surface area contributed by atoms with Crippen molar-refractivity contribution in [1.29, 1.82) is 0 Å². The van der Waals surface area contributed by atoms with E-state index < -0.39 is 0 Å². The van der Waals surface area contributed by atoms with Crippen molar-refractivity contribution in [3.63, 3.8) is 0 Å². The number of nitrogens with one attached hydrogen (secondary N) is 2. The fraction of sp³-hybridized carbons (Fsp3) is 0.391. The van der Waals surface area contributed by atoms with Crippen molar-refractivity contribution in [3.8, 4) is 11.5 Å². The zero-order chi connectivity index (χ0) is 22.0. The van der Waals surface area contributed by atoms with E-state index in [0.717, 1.165) is 42.4 Å². The highest BCUT2D eigenvalue weighted by Crippen LogP contribution is 2.45. The summed E-state index contributed by atoms with van der Waals surface area (Å²) in [5, 5.41) is 7.14. The minimum atomic E-state index is -0.241. The summed E-state index contributed by atoms with van der Waals surface area (Å²) in [6, 6.07) is 8.64. The van der Waals surface area contributed by atoms with Gasteiger partial charge in [-0.05, 0) is 50.0 Å². The smallest absolute Gasteiger partial charge is 0.224 e. The van der Waals surface area contributed by atoms with Crippen molar-refractivity contribution in [2.45, 2.75) is 24.7 Å². The second kappa shape index (κ2) is 8.55. The minimum absolute atomic E-state index is 0.209. The Morgan fingerprint density at radius 2 is 1.84 bits per heavy atom. The number of aromatic nitrogens is 2. The molecular formula is C23H28FN5O2.